The number of pyridine rings is 1. The van der Waals surface area contributed by atoms with Gasteiger partial charge < -0.3 is 10.5 Å². The molecule has 0 saturated heterocycles. The minimum Gasteiger partial charge on any atom is -0.477 e. The van der Waals surface area contributed by atoms with E-state index in [4.69, 9.17) is 0 Å². The van der Waals surface area contributed by atoms with Crippen molar-refractivity contribution in [1.29, 1.82) is 0 Å². The summed E-state index contributed by atoms with van der Waals surface area (Å²) in [4.78, 5) is 16.1. The van der Waals surface area contributed by atoms with E-state index in [1.54, 1.807) is 0 Å². The Kier molecular flexibility index (Phi) is 2.71. The quantitative estimate of drug-likeness (QED) is 0.892. The van der Waals surface area contributed by atoms with Gasteiger partial charge in [-0.2, -0.15) is 0 Å². The topological polar surface area (TPSA) is 65.5 Å². The van der Waals surface area contributed by atoms with Crippen LogP contribution in [0.1, 0.15) is 52.9 Å². The Morgan fingerprint density at radius 1 is 1.17 bits per heavy atom. The number of nitrogens with zero attached hydrogens (tertiary/aromatic N) is 2. The molecule has 0 unspecified atom stereocenters. The first-order chi connectivity index (χ1) is 11.2. The average molecular weight is 309 g/mol. The molecule has 0 bridgehead atoms. The fraction of sp³-hybridized carbons (Fsp3) is 0.444. The Balaban J connectivity index is 1.76. The summed E-state index contributed by atoms with van der Waals surface area (Å²) >= 11 is 0. The van der Waals surface area contributed by atoms with Crippen LogP contribution in [-0.2, 0) is 19.4 Å². The molecule has 118 valence electrons. The summed E-state index contributed by atoms with van der Waals surface area (Å²) in [7, 11) is 0. The number of aromatic nitrogens is 1. The molecule has 3 aliphatic rings. The summed E-state index contributed by atoms with van der Waals surface area (Å²) < 4.78 is 0. The van der Waals surface area contributed by atoms with Crippen molar-refractivity contribution in [3.63, 3.8) is 0 Å². The summed E-state index contributed by atoms with van der Waals surface area (Å²) in [5.41, 5.74) is 9.29. The van der Waals surface area contributed by atoms with Crippen LogP contribution in [0.3, 0.4) is 0 Å². The summed E-state index contributed by atoms with van der Waals surface area (Å²) in [6.45, 7) is 0.901. The third-order valence-electron chi connectivity index (χ3n) is 5.36. The molecule has 5 nitrogen and oxygen atoms in total. The van der Waals surface area contributed by atoms with E-state index in [9.17, 15) is 9.90 Å². The zero-order valence-electron chi connectivity index (χ0n) is 12.9. The van der Waals surface area contributed by atoms with Crippen molar-refractivity contribution in [2.45, 2.75) is 51.1 Å². The van der Waals surface area contributed by atoms with Crippen LogP contribution in [-0.4, -0.2) is 27.1 Å². The van der Waals surface area contributed by atoms with Crippen molar-refractivity contribution in [1.82, 2.24) is 9.99 Å². The van der Waals surface area contributed by atoms with Crippen LogP contribution in [0.15, 0.2) is 12.1 Å². The predicted molar refractivity (Wildman–Crippen MR) is 87.5 cm³/mol. The van der Waals surface area contributed by atoms with Gasteiger partial charge in [-0.1, -0.05) is 0 Å². The number of anilines is 1. The Labute approximate surface area is 134 Å². The molecule has 0 spiro atoms. The molecule has 2 aromatic rings. The molecule has 0 atom stereocenters. The van der Waals surface area contributed by atoms with Crippen LogP contribution in [0.4, 0.5) is 5.69 Å². The lowest BCUT2D eigenvalue weighted by atomic mass is 9.86. The molecule has 0 amide bonds. The lowest BCUT2D eigenvalue weighted by Crippen LogP contribution is -2.25. The molecule has 5 heteroatoms. The summed E-state index contributed by atoms with van der Waals surface area (Å²) in [5, 5.41) is 13.1. The van der Waals surface area contributed by atoms with Crippen molar-refractivity contribution >= 4 is 22.6 Å². The van der Waals surface area contributed by atoms with E-state index >= 15 is 0 Å². The maximum Gasteiger partial charge on any atom is 0.354 e. The highest BCUT2D eigenvalue weighted by Crippen LogP contribution is 2.41. The highest BCUT2D eigenvalue weighted by Gasteiger charge is 2.35. The number of benzene rings is 1. The van der Waals surface area contributed by atoms with Gasteiger partial charge >= 0.3 is 5.97 Å². The zero-order valence-corrected chi connectivity index (χ0v) is 12.9. The number of aryl methyl sites for hydroxylation is 1. The smallest absolute Gasteiger partial charge is 0.354 e. The fourth-order valence-corrected chi connectivity index (χ4v) is 4.11. The molecular formula is C18H19N3O2. The number of hydrazine groups is 1. The molecule has 2 aliphatic carbocycles. The monoisotopic (exact) mass is 309 g/mol. The van der Waals surface area contributed by atoms with Crippen LogP contribution in [0.25, 0.3) is 10.9 Å². The third-order valence-corrected chi connectivity index (χ3v) is 5.36. The van der Waals surface area contributed by atoms with Gasteiger partial charge in [0.05, 0.1) is 11.2 Å². The maximum absolute atomic E-state index is 11.6. The summed E-state index contributed by atoms with van der Waals surface area (Å²) in [6.07, 6.45) is 6.52. The van der Waals surface area contributed by atoms with E-state index in [0.29, 0.717) is 6.04 Å². The minimum absolute atomic E-state index is 0.261. The number of rotatable bonds is 2. The van der Waals surface area contributed by atoms with Crippen molar-refractivity contribution < 1.29 is 9.90 Å². The molecule has 23 heavy (non-hydrogen) atoms. The second-order valence-corrected chi connectivity index (χ2v) is 6.89. The van der Waals surface area contributed by atoms with Gasteiger partial charge in [-0.05, 0) is 61.8 Å². The first-order valence-electron chi connectivity index (χ1n) is 8.46. The second kappa shape index (κ2) is 4.68. The number of nitrogens with one attached hydrogen (secondary N) is 1. The van der Waals surface area contributed by atoms with Crippen LogP contribution in [0.2, 0.25) is 0 Å². The zero-order chi connectivity index (χ0) is 15.6. The van der Waals surface area contributed by atoms with E-state index in [2.05, 4.69) is 15.4 Å². The normalized spacial score (nSPS) is 20.2. The van der Waals surface area contributed by atoms with Crippen LogP contribution >= 0.6 is 0 Å². The molecule has 1 saturated carbocycles. The Hall–Kier alpha value is -2.14. The number of hydrogen-bond acceptors (Lipinski definition) is 4. The third kappa shape index (κ3) is 1.96. The van der Waals surface area contributed by atoms with E-state index < -0.39 is 5.97 Å². The van der Waals surface area contributed by atoms with Gasteiger partial charge in [0.15, 0.2) is 5.69 Å². The van der Waals surface area contributed by atoms with Gasteiger partial charge in [0, 0.05) is 23.5 Å². The van der Waals surface area contributed by atoms with Gasteiger partial charge in [0.2, 0.25) is 0 Å². The number of hydrogen-bond donors (Lipinski definition) is 2. The van der Waals surface area contributed by atoms with Crippen molar-refractivity contribution in [3.8, 4) is 0 Å². The second-order valence-electron chi connectivity index (χ2n) is 6.89. The molecule has 1 aromatic heterocycles. The SMILES string of the molecule is O=C(O)c1nc2ccc3c(c2c2c1CCCC2)CN(C1CC1)N3. The van der Waals surface area contributed by atoms with Crippen LogP contribution < -0.4 is 5.43 Å². The molecule has 2 heterocycles. The molecule has 0 radical (unpaired) electrons. The van der Waals surface area contributed by atoms with E-state index in [-0.39, 0.29) is 5.69 Å². The van der Waals surface area contributed by atoms with Gasteiger partial charge in [0.25, 0.3) is 0 Å². The van der Waals surface area contributed by atoms with Gasteiger partial charge in [0.1, 0.15) is 0 Å². The van der Waals surface area contributed by atoms with Gasteiger partial charge in [-0.15, -0.1) is 0 Å². The van der Waals surface area contributed by atoms with Gasteiger partial charge in [-0.25, -0.2) is 14.8 Å². The van der Waals surface area contributed by atoms with Gasteiger partial charge in [-0.3, -0.25) is 0 Å². The van der Waals surface area contributed by atoms with Crippen molar-refractivity contribution in [2.24, 2.45) is 0 Å². The number of fused-ring (bicyclic) bond motifs is 5. The molecule has 1 aromatic carbocycles. The Bertz CT molecular complexity index is 842. The van der Waals surface area contributed by atoms with Crippen molar-refractivity contribution in [3.05, 3.63) is 34.5 Å². The molecule has 5 rings (SSSR count). The predicted octanol–water partition coefficient (Wildman–Crippen LogP) is 3.12. The molecule has 2 N–H and O–H groups in total. The van der Waals surface area contributed by atoms with Crippen LogP contribution in [0.5, 0.6) is 0 Å². The summed E-state index contributed by atoms with van der Waals surface area (Å²) in [6, 6.07) is 4.67. The number of carboxylic acid groups (broad SMARTS) is 1. The largest absolute Gasteiger partial charge is 0.477 e. The van der Waals surface area contributed by atoms with E-state index in [1.807, 2.05) is 12.1 Å². The highest BCUT2D eigenvalue weighted by molar-refractivity contribution is 5.97. The standard InChI is InChI=1S/C18H19N3O2/c22-18(23)17-12-4-2-1-3-11(12)16-13-9-21(10-5-6-10)20-14(13)7-8-15(16)19-17/h7-8,10,20H,1-6,9H2,(H,22,23). The maximum atomic E-state index is 11.6. The molecule has 1 fully saturated rings. The fourth-order valence-electron chi connectivity index (χ4n) is 4.11. The minimum atomic E-state index is -0.900. The Morgan fingerprint density at radius 3 is 2.70 bits per heavy atom. The number of carbonyl (C=O) groups is 1. The van der Waals surface area contributed by atoms with E-state index in [1.165, 1.54) is 35.0 Å². The lowest BCUT2D eigenvalue weighted by molar-refractivity contribution is 0.0689. The average Bonchev–Trinajstić information content (AvgIpc) is 3.32. The number of aromatic carboxylic acids is 1. The molecular weight excluding hydrogens is 290 g/mol. The first kappa shape index (κ1) is 13.3. The molecule has 1 aliphatic heterocycles. The summed E-state index contributed by atoms with van der Waals surface area (Å²) in [5.74, 6) is -0.900. The lowest BCUT2D eigenvalue weighted by Gasteiger charge is -2.21. The Morgan fingerprint density at radius 2 is 1.96 bits per heavy atom. The number of carboxylic acids is 1. The van der Waals surface area contributed by atoms with Crippen LogP contribution in [0, 0.1) is 0 Å². The van der Waals surface area contributed by atoms with Crippen molar-refractivity contribution in [2.75, 3.05) is 5.43 Å². The van der Waals surface area contributed by atoms with E-state index in [0.717, 1.165) is 43.3 Å². The highest BCUT2D eigenvalue weighted by atomic mass is 16.4. The first-order valence-corrected chi connectivity index (χ1v) is 8.46.